The fourth-order valence-corrected chi connectivity index (χ4v) is 4.23. The summed E-state index contributed by atoms with van der Waals surface area (Å²) in [5, 5.41) is 3.30. The Bertz CT molecular complexity index is 348. The van der Waals surface area contributed by atoms with Crippen LogP contribution in [-0.2, 0) is 10.2 Å². The maximum Gasteiger partial charge on any atom is 0.281 e. The van der Waals surface area contributed by atoms with Crippen molar-refractivity contribution in [1.29, 1.82) is 0 Å². The minimum atomic E-state index is -3.35. The number of nitrogens with one attached hydrogen (secondary N) is 1. The first-order chi connectivity index (χ1) is 9.27. The molecule has 0 radical (unpaired) electrons. The summed E-state index contributed by atoms with van der Waals surface area (Å²) in [6, 6.07) is 0.497. The van der Waals surface area contributed by atoms with Crippen LogP contribution in [0.4, 0.5) is 0 Å². The third kappa shape index (κ3) is 6.76. The number of nitrogens with zero attached hydrogens (tertiary/aromatic N) is 2. The summed E-state index contributed by atoms with van der Waals surface area (Å²) < 4.78 is 27.9. The van der Waals surface area contributed by atoms with E-state index >= 15 is 0 Å². The maximum absolute atomic E-state index is 12.5. The molecule has 0 aliphatic rings. The molecule has 0 amide bonds. The molecule has 122 valence electrons. The Balaban J connectivity index is 4.45. The molecule has 7 heteroatoms. The third-order valence-electron chi connectivity index (χ3n) is 3.30. The van der Waals surface area contributed by atoms with Crippen molar-refractivity contribution in [2.24, 2.45) is 0 Å². The highest BCUT2D eigenvalue weighted by Gasteiger charge is 2.28. The lowest BCUT2D eigenvalue weighted by molar-refractivity contribution is 0.339. The molecule has 0 heterocycles. The van der Waals surface area contributed by atoms with Gasteiger partial charge in [-0.2, -0.15) is 28.8 Å². The monoisotopic (exact) mass is 325 g/mol. The van der Waals surface area contributed by atoms with Gasteiger partial charge in [-0.25, -0.2) is 0 Å². The van der Waals surface area contributed by atoms with Crippen molar-refractivity contribution >= 4 is 22.0 Å². The van der Waals surface area contributed by atoms with E-state index < -0.39 is 10.2 Å². The molecule has 1 N–H and O–H groups in total. The van der Waals surface area contributed by atoms with Gasteiger partial charge in [0, 0.05) is 38.5 Å². The van der Waals surface area contributed by atoms with E-state index in [-0.39, 0.29) is 6.04 Å². The van der Waals surface area contributed by atoms with Gasteiger partial charge in [0.05, 0.1) is 0 Å². The Kier molecular flexibility index (Phi) is 10.1. The average Bonchev–Trinajstić information content (AvgIpc) is 2.39. The Hall–Kier alpha value is 0.180. The van der Waals surface area contributed by atoms with Gasteiger partial charge in [-0.15, -0.1) is 0 Å². The molecule has 0 rings (SSSR count). The Labute approximate surface area is 129 Å². The Morgan fingerprint density at radius 1 is 1.25 bits per heavy atom. The highest BCUT2D eigenvalue weighted by molar-refractivity contribution is 7.98. The van der Waals surface area contributed by atoms with E-state index in [1.165, 1.54) is 8.61 Å². The SMILES string of the molecule is CCC(CSC)N(C)S(=O)(=O)N(C)CCCNC(C)C. The van der Waals surface area contributed by atoms with Crippen molar-refractivity contribution in [2.45, 2.75) is 45.7 Å². The molecule has 0 aliphatic heterocycles. The lowest BCUT2D eigenvalue weighted by Gasteiger charge is -2.30. The minimum Gasteiger partial charge on any atom is -0.314 e. The molecule has 0 aliphatic carbocycles. The Morgan fingerprint density at radius 3 is 2.30 bits per heavy atom. The summed E-state index contributed by atoms with van der Waals surface area (Å²) in [5.74, 6) is 0.828. The van der Waals surface area contributed by atoms with Gasteiger partial charge in [0.2, 0.25) is 0 Å². The van der Waals surface area contributed by atoms with Crippen molar-refractivity contribution in [3.05, 3.63) is 0 Å². The summed E-state index contributed by atoms with van der Waals surface area (Å²) in [5.41, 5.74) is 0. The molecule has 0 aromatic heterocycles. The van der Waals surface area contributed by atoms with Gasteiger partial charge in [0.25, 0.3) is 10.2 Å². The van der Waals surface area contributed by atoms with Crippen LogP contribution in [0.1, 0.15) is 33.6 Å². The van der Waals surface area contributed by atoms with Gasteiger partial charge in [0.1, 0.15) is 0 Å². The predicted octanol–water partition coefficient (Wildman–Crippen LogP) is 1.62. The van der Waals surface area contributed by atoms with Crippen LogP contribution in [0.5, 0.6) is 0 Å². The highest BCUT2D eigenvalue weighted by Crippen LogP contribution is 2.14. The van der Waals surface area contributed by atoms with Crippen LogP contribution >= 0.6 is 11.8 Å². The molecule has 0 fully saturated rings. The molecular weight excluding hydrogens is 294 g/mol. The van der Waals surface area contributed by atoms with Crippen molar-refractivity contribution in [2.75, 3.05) is 39.2 Å². The average molecular weight is 326 g/mol. The number of rotatable bonds is 11. The second-order valence-corrected chi connectivity index (χ2v) is 8.33. The lowest BCUT2D eigenvalue weighted by Crippen LogP contribution is -2.46. The Morgan fingerprint density at radius 2 is 1.85 bits per heavy atom. The van der Waals surface area contributed by atoms with Crippen LogP contribution in [0, 0.1) is 0 Å². The van der Waals surface area contributed by atoms with Crippen molar-refractivity contribution in [3.8, 4) is 0 Å². The molecule has 0 bridgehead atoms. The molecule has 0 aromatic rings. The van der Waals surface area contributed by atoms with E-state index in [9.17, 15) is 8.42 Å². The summed E-state index contributed by atoms with van der Waals surface area (Å²) in [6.45, 7) is 7.58. The van der Waals surface area contributed by atoms with E-state index in [2.05, 4.69) is 19.2 Å². The highest BCUT2D eigenvalue weighted by atomic mass is 32.2. The van der Waals surface area contributed by atoms with Crippen molar-refractivity contribution in [3.63, 3.8) is 0 Å². The molecule has 5 nitrogen and oxygen atoms in total. The van der Waals surface area contributed by atoms with E-state index in [1.807, 2.05) is 13.2 Å². The topological polar surface area (TPSA) is 52.7 Å². The van der Waals surface area contributed by atoms with Gasteiger partial charge in [-0.05, 0) is 25.6 Å². The van der Waals surface area contributed by atoms with Gasteiger partial charge in [0.15, 0.2) is 0 Å². The number of thioether (sulfide) groups is 1. The largest absolute Gasteiger partial charge is 0.314 e. The predicted molar refractivity (Wildman–Crippen MR) is 89.5 cm³/mol. The van der Waals surface area contributed by atoms with Gasteiger partial charge < -0.3 is 5.32 Å². The van der Waals surface area contributed by atoms with Crippen molar-refractivity contribution in [1.82, 2.24) is 13.9 Å². The number of hydrogen-bond donors (Lipinski definition) is 1. The molecule has 0 saturated carbocycles. The van der Waals surface area contributed by atoms with E-state index in [1.54, 1.807) is 25.9 Å². The fraction of sp³-hybridized carbons (Fsp3) is 1.00. The van der Waals surface area contributed by atoms with Crippen molar-refractivity contribution < 1.29 is 8.42 Å². The first-order valence-corrected chi connectivity index (χ1v) is 9.98. The molecule has 0 aromatic carbocycles. The summed E-state index contributed by atoms with van der Waals surface area (Å²) in [6.07, 6.45) is 3.66. The van der Waals surface area contributed by atoms with E-state index in [4.69, 9.17) is 0 Å². The van der Waals surface area contributed by atoms with Crippen LogP contribution in [-0.4, -0.2) is 68.3 Å². The molecule has 0 saturated heterocycles. The van der Waals surface area contributed by atoms with Gasteiger partial charge in [-0.1, -0.05) is 20.8 Å². The maximum atomic E-state index is 12.5. The van der Waals surface area contributed by atoms with Crippen LogP contribution in [0.2, 0.25) is 0 Å². The lowest BCUT2D eigenvalue weighted by atomic mass is 10.3. The summed E-state index contributed by atoms with van der Waals surface area (Å²) >= 11 is 1.68. The zero-order chi connectivity index (χ0) is 15.8. The zero-order valence-electron chi connectivity index (χ0n) is 13.7. The normalized spacial score (nSPS) is 14.4. The molecular formula is C13H31N3O2S2. The van der Waals surface area contributed by atoms with Crippen LogP contribution in [0.25, 0.3) is 0 Å². The number of hydrogen-bond acceptors (Lipinski definition) is 4. The molecule has 1 unspecified atom stereocenters. The van der Waals surface area contributed by atoms with Gasteiger partial charge >= 0.3 is 0 Å². The second kappa shape index (κ2) is 10.00. The standard InChI is InChI=1S/C13H31N3O2S2/c1-7-13(11-19-6)16(5)20(17,18)15(4)10-8-9-14-12(2)3/h12-14H,7-11H2,1-6H3. The molecule has 1 atom stereocenters. The summed E-state index contributed by atoms with van der Waals surface area (Å²) in [7, 11) is -0.00480. The second-order valence-electron chi connectivity index (χ2n) is 5.33. The zero-order valence-corrected chi connectivity index (χ0v) is 15.4. The third-order valence-corrected chi connectivity index (χ3v) is 6.02. The molecule has 20 heavy (non-hydrogen) atoms. The van der Waals surface area contributed by atoms with Crippen LogP contribution in [0.3, 0.4) is 0 Å². The van der Waals surface area contributed by atoms with Crippen LogP contribution < -0.4 is 5.32 Å². The van der Waals surface area contributed by atoms with Gasteiger partial charge in [-0.3, -0.25) is 0 Å². The minimum absolute atomic E-state index is 0.0613. The van der Waals surface area contributed by atoms with Crippen LogP contribution in [0.15, 0.2) is 0 Å². The smallest absolute Gasteiger partial charge is 0.281 e. The van der Waals surface area contributed by atoms with E-state index in [0.717, 1.165) is 25.1 Å². The molecule has 0 spiro atoms. The fourth-order valence-electron chi connectivity index (χ4n) is 1.89. The first kappa shape index (κ1) is 20.2. The quantitative estimate of drug-likeness (QED) is 0.587. The summed E-state index contributed by atoms with van der Waals surface area (Å²) in [4.78, 5) is 0. The first-order valence-electron chi connectivity index (χ1n) is 7.18. The van der Waals surface area contributed by atoms with E-state index in [0.29, 0.717) is 12.6 Å².